The third-order valence-corrected chi connectivity index (χ3v) is 4.40. The Labute approximate surface area is 156 Å². The van der Waals surface area contributed by atoms with Gasteiger partial charge in [0.15, 0.2) is 0 Å². The lowest BCUT2D eigenvalue weighted by atomic mass is 10.1. The lowest BCUT2D eigenvalue weighted by Gasteiger charge is -2.25. The number of benzene rings is 1. The monoisotopic (exact) mass is 376 g/mol. The van der Waals surface area contributed by atoms with E-state index < -0.39 is 35.8 Å². The van der Waals surface area contributed by atoms with Crippen LogP contribution >= 0.6 is 0 Å². The highest BCUT2D eigenvalue weighted by Crippen LogP contribution is 2.18. The van der Waals surface area contributed by atoms with Crippen LogP contribution in [0.3, 0.4) is 0 Å². The molecule has 0 saturated carbocycles. The molecule has 2 unspecified atom stereocenters. The van der Waals surface area contributed by atoms with E-state index in [-0.39, 0.29) is 19.5 Å². The van der Waals surface area contributed by atoms with Crippen molar-refractivity contribution in [3.8, 4) is 0 Å². The highest BCUT2D eigenvalue weighted by Gasteiger charge is 2.35. The standard InChI is InChI=1S/C18H24N4O5/c19-10-15(23)20-11-16(24)22-8-4-7-14(22)17(25)21-13(18(26)27)9-12-5-2-1-3-6-12/h1-3,5-6,13-14H,4,7-11,19H2,(H,20,23)(H,21,25)(H,26,27). The number of carboxylic acid groups (broad SMARTS) is 1. The molecule has 2 rings (SSSR count). The summed E-state index contributed by atoms with van der Waals surface area (Å²) in [6, 6.07) is 7.15. The van der Waals surface area contributed by atoms with Gasteiger partial charge in [0.05, 0.1) is 13.1 Å². The molecule has 27 heavy (non-hydrogen) atoms. The molecular weight excluding hydrogens is 352 g/mol. The number of nitrogens with two attached hydrogens (primary N) is 1. The Hall–Kier alpha value is -2.94. The molecule has 1 heterocycles. The molecule has 5 N–H and O–H groups in total. The number of amides is 3. The Kier molecular flexibility index (Phi) is 7.30. The summed E-state index contributed by atoms with van der Waals surface area (Å²) < 4.78 is 0. The molecule has 0 radical (unpaired) electrons. The second kappa shape index (κ2) is 9.67. The van der Waals surface area contributed by atoms with Crippen molar-refractivity contribution >= 4 is 23.7 Å². The molecule has 1 fully saturated rings. The number of hydrogen-bond acceptors (Lipinski definition) is 5. The van der Waals surface area contributed by atoms with E-state index in [4.69, 9.17) is 5.73 Å². The third kappa shape index (κ3) is 5.78. The predicted molar refractivity (Wildman–Crippen MR) is 96.5 cm³/mol. The van der Waals surface area contributed by atoms with Crippen molar-refractivity contribution in [1.82, 2.24) is 15.5 Å². The van der Waals surface area contributed by atoms with E-state index in [1.54, 1.807) is 24.3 Å². The van der Waals surface area contributed by atoms with Crippen LogP contribution in [0.15, 0.2) is 30.3 Å². The van der Waals surface area contributed by atoms with Gasteiger partial charge in [0.2, 0.25) is 17.7 Å². The van der Waals surface area contributed by atoms with Crippen molar-refractivity contribution in [2.24, 2.45) is 5.73 Å². The number of carboxylic acids is 1. The van der Waals surface area contributed by atoms with E-state index in [0.717, 1.165) is 5.56 Å². The van der Waals surface area contributed by atoms with Crippen LogP contribution in [0.4, 0.5) is 0 Å². The second-order valence-corrected chi connectivity index (χ2v) is 6.32. The van der Waals surface area contributed by atoms with Gasteiger partial charge in [0.1, 0.15) is 12.1 Å². The quantitative estimate of drug-likeness (QED) is 0.452. The summed E-state index contributed by atoms with van der Waals surface area (Å²) in [5.74, 6) is -2.51. The van der Waals surface area contributed by atoms with Gasteiger partial charge in [-0.15, -0.1) is 0 Å². The molecule has 1 saturated heterocycles. The van der Waals surface area contributed by atoms with Crippen LogP contribution in [-0.4, -0.2) is 65.4 Å². The maximum absolute atomic E-state index is 12.6. The molecule has 0 aliphatic carbocycles. The number of hydrogen-bond donors (Lipinski definition) is 4. The van der Waals surface area contributed by atoms with Gasteiger partial charge in [-0.05, 0) is 18.4 Å². The minimum absolute atomic E-state index is 0.148. The first kappa shape index (κ1) is 20.4. The fourth-order valence-electron chi connectivity index (χ4n) is 3.00. The largest absolute Gasteiger partial charge is 0.480 e. The highest BCUT2D eigenvalue weighted by atomic mass is 16.4. The molecule has 146 valence electrons. The lowest BCUT2D eigenvalue weighted by Crippen LogP contribution is -2.53. The van der Waals surface area contributed by atoms with E-state index in [0.29, 0.717) is 19.4 Å². The number of rotatable bonds is 8. The summed E-state index contributed by atoms with van der Waals surface area (Å²) in [6.45, 7) is -0.0883. The van der Waals surface area contributed by atoms with Gasteiger partial charge in [-0.25, -0.2) is 4.79 Å². The van der Waals surface area contributed by atoms with Gasteiger partial charge in [0, 0.05) is 13.0 Å². The number of nitrogens with one attached hydrogen (secondary N) is 2. The van der Waals surface area contributed by atoms with E-state index in [1.807, 2.05) is 6.07 Å². The van der Waals surface area contributed by atoms with E-state index in [2.05, 4.69) is 10.6 Å². The first-order valence-corrected chi connectivity index (χ1v) is 8.75. The molecule has 1 aromatic carbocycles. The molecule has 1 aliphatic rings. The summed E-state index contributed by atoms with van der Waals surface area (Å²) >= 11 is 0. The van der Waals surface area contributed by atoms with Crippen molar-refractivity contribution in [2.45, 2.75) is 31.3 Å². The van der Waals surface area contributed by atoms with Crippen LogP contribution < -0.4 is 16.4 Å². The number of aliphatic carboxylic acids is 1. The summed E-state index contributed by atoms with van der Waals surface area (Å²) in [7, 11) is 0. The molecule has 9 heteroatoms. The van der Waals surface area contributed by atoms with Crippen LogP contribution in [0.1, 0.15) is 18.4 Å². The third-order valence-electron chi connectivity index (χ3n) is 4.40. The number of carbonyl (C=O) groups excluding carboxylic acids is 3. The molecule has 0 bridgehead atoms. The van der Waals surface area contributed by atoms with Crippen LogP contribution in [0.2, 0.25) is 0 Å². The van der Waals surface area contributed by atoms with Gasteiger partial charge in [-0.2, -0.15) is 0 Å². The first-order chi connectivity index (χ1) is 12.9. The summed E-state index contributed by atoms with van der Waals surface area (Å²) in [5, 5.41) is 14.3. The Balaban J connectivity index is 1.98. The molecule has 3 amide bonds. The Morgan fingerprint density at radius 1 is 1.22 bits per heavy atom. The van der Waals surface area contributed by atoms with Crippen LogP contribution in [0.5, 0.6) is 0 Å². The molecule has 0 aromatic heterocycles. The first-order valence-electron chi connectivity index (χ1n) is 8.75. The van der Waals surface area contributed by atoms with E-state index in [9.17, 15) is 24.3 Å². The Morgan fingerprint density at radius 2 is 1.93 bits per heavy atom. The van der Waals surface area contributed by atoms with Crippen molar-refractivity contribution in [2.75, 3.05) is 19.6 Å². The molecule has 2 atom stereocenters. The molecule has 1 aromatic rings. The summed E-state index contributed by atoms with van der Waals surface area (Å²) in [5.41, 5.74) is 5.96. The van der Waals surface area contributed by atoms with E-state index >= 15 is 0 Å². The minimum atomic E-state index is -1.14. The normalized spacial score (nSPS) is 17.2. The SMILES string of the molecule is NCC(=O)NCC(=O)N1CCCC1C(=O)NC(Cc1ccccc1)C(=O)O. The van der Waals surface area contributed by atoms with Crippen molar-refractivity contribution in [3.63, 3.8) is 0 Å². The van der Waals surface area contributed by atoms with Crippen molar-refractivity contribution in [3.05, 3.63) is 35.9 Å². The molecular formula is C18H24N4O5. The number of carbonyl (C=O) groups is 4. The fraction of sp³-hybridized carbons (Fsp3) is 0.444. The van der Waals surface area contributed by atoms with Gasteiger partial charge < -0.3 is 26.4 Å². The fourth-order valence-corrected chi connectivity index (χ4v) is 3.00. The molecule has 0 spiro atoms. The average Bonchev–Trinajstić information content (AvgIpc) is 3.16. The van der Waals surface area contributed by atoms with Crippen LogP contribution in [0, 0.1) is 0 Å². The van der Waals surface area contributed by atoms with Gasteiger partial charge in [0.25, 0.3) is 0 Å². The molecule has 1 aliphatic heterocycles. The van der Waals surface area contributed by atoms with Gasteiger partial charge in [-0.3, -0.25) is 14.4 Å². The maximum Gasteiger partial charge on any atom is 0.326 e. The van der Waals surface area contributed by atoms with Gasteiger partial charge >= 0.3 is 5.97 Å². The number of likely N-dealkylation sites (tertiary alicyclic amines) is 1. The van der Waals surface area contributed by atoms with E-state index in [1.165, 1.54) is 4.90 Å². The number of nitrogens with zero attached hydrogens (tertiary/aromatic N) is 1. The Morgan fingerprint density at radius 3 is 2.56 bits per heavy atom. The summed E-state index contributed by atoms with van der Waals surface area (Å²) in [4.78, 5) is 48.9. The zero-order valence-electron chi connectivity index (χ0n) is 14.9. The topological polar surface area (TPSA) is 142 Å². The Bertz CT molecular complexity index is 694. The van der Waals surface area contributed by atoms with Crippen LogP contribution in [-0.2, 0) is 25.6 Å². The zero-order chi connectivity index (χ0) is 19.8. The minimum Gasteiger partial charge on any atom is -0.480 e. The molecule has 9 nitrogen and oxygen atoms in total. The van der Waals surface area contributed by atoms with Crippen LogP contribution in [0.25, 0.3) is 0 Å². The predicted octanol–water partition coefficient (Wildman–Crippen LogP) is -1.14. The van der Waals surface area contributed by atoms with Crippen molar-refractivity contribution < 1.29 is 24.3 Å². The smallest absolute Gasteiger partial charge is 0.326 e. The van der Waals surface area contributed by atoms with Gasteiger partial charge in [-0.1, -0.05) is 30.3 Å². The summed E-state index contributed by atoms with van der Waals surface area (Å²) in [6.07, 6.45) is 1.22. The zero-order valence-corrected chi connectivity index (χ0v) is 14.9. The second-order valence-electron chi connectivity index (χ2n) is 6.32. The highest BCUT2D eigenvalue weighted by molar-refractivity contribution is 5.92. The van der Waals surface area contributed by atoms with Crippen molar-refractivity contribution in [1.29, 1.82) is 0 Å². The average molecular weight is 376 g/mol. The lowest BCUT2D eigenvalue weighted by molar-refractivity contribution is -0.143. The maximum atomic E-state index is 12.6.